The Morgan fingerprint density at radius 1 is 1.32 bits per heavy atom. The number of esters is 1. The number of aryl methyl sites for hydroxylation is 1. The molecule has 6 nitrogen and oxygen atoms in total. The lowest BCUT2D eigenvalue weighted by Gasteiger charge is -2.20. The van der Waals surface area contributed by atoms with Gasteiger partial charge in [-0.05, 0) is 49.2 Å². The molecule has 0 spiro atoms. The highest BCUT2D eigenvalue weighted by molar-refractivity contribution is 8.03. The number of hydrogen-bond donors (Lipinski definition) is 2. The molecule has 144 valence electrons. The second-order valence-electron chi connectivity index (χ2n) is 7.41. The van der Waals surface area contributed by atoms with E-state index in [4.69, 9.17) is 9.15 Å². The fourth-order valence-corrected chi connectivity index (χ4v) is 5.84. The average Bonchev–Trinajstić information content (AvgIpc) is 3.24. The van der Waals surface area contributed by atoms with E-state index in [9.17, 15) is 9.59 Å². The van der Waals surface area contributed by atoms with Crippen molar-refractivity contribution in [3.05, 3.63) is 46.1 Å². The van der Waals surface area contributed by atoms with E-state index >= 15 is 0 Å². The average molecular weight is 397 g/mol. The molecule has 28 heavy (non-hydrogen) atoms. The second-order valence-corrected chi connectivity index (χ2v) is 8.65. The summed E-state index contributed by atoms with van der Waals surface area (Å²) in [7, 11) is 0. The van der Waals surface area contributed by atoms with Crippen molar-refractivity contribution in [3.63, 3.8) is 0 Å². The molecule has 5 rings (SSSR count). The van der Waals surface area contributed by atoms with Crippen molar-refractivity contribution in [1.29, 1.82) is 0 Å². The maximum Gasteiger partial charge on any atom is 0.375 e. The molecule has 1 aliphatic carbocycles. The number of rotatable bonds is 3. The highest BCUT2D eigenvalue weighted by atomic mass is 32.2. The van der Waals surface area contributed by atoms with E-state index in [-0.39, 0.29) is 29.6 Å². The third-order valence-electron chi connectivity index (χ3n) is 5.66. The lowest BCUT2D eigenvalue weighted by molar-refractivity contribution is -0.485. The fraction of sp³-hybridized carbons (Fsp3) is 0.381. The van der Waals surface area contributed by atoms with Crippen LogP contribution in [0.2, 0.25) is 0 Å². The minimum atomic E-state index is -0.532. The van der Waals surface area contributed by atoms with Gasteiger partial charge in [0.15, 0.2) is 12.0 Å². The first-order valence-corrected chi connectivity index (χ1v) is 10.5. The number of benzene rings is 1. The molecule has 0 bridgehead atoms. The number of ether oxygens (including phenoxy) is 1. The topological polar surface area (TPSA) is 82.5 Å². The number of hydrogen-bond acceptors (Lipinski definition) is 5. The van der Waals surface area contributed by atoms with Gasteiger partial charge in [0.1, 0.15) is 11.5 Å². The van der Waals surface area contributed by atoms with E-state index in [2.05, 4.69) is 10.3 Å². The van der Waals surface area contributed by atoms with Gasteiger partial charge in [0.2, 0.25) is 5.76 Å². The van der Waals surface area contributed by atoms with Crippen LogP contribution in [0.1, 0.15) is 41.8 Å². The maximum atomic E-state index is 12.6. The zero-order valence-electron chi connectivity index (χ0n) is 15.5. The monoisotopic (exact) mass is 397 g/mol. The molecular formula is C21H21N2O4S+. The van der Waals surface area contributed by atoms with E-state index in [0.717, 1.165) is 30.2 Å². The quantitative estimate of drug-likeness (QED) is 0.775. The van der Waals surface area contributed by atoms with Crippen LogP contribution in [-0.2, 0) is 9.53 Å². The first-order chi connectivity index (χ1) is 13.6. The molecule has 3 aliphatic rings. The van der Waals surface area contributed by atoms with E-state index in [1.54, 1.807) is 11.8 Å². The van der Waals surface area contributed by atoms with Crippen molar-refractivity contribution in [1.82, 2.24) is 5.32 Å². The minimum Gasteiger partial charge on any atom is -0.449 e. The zero-order chi connectivity index (χ0) is 19.3. The summed E-state index contributed by atoms with van der Waals surface area (Å²) >= 11 is 1.75. The molecule has 2 aliphatic heterocycles. The van der Waals surface area contributed by atoms with Crippen LogP contribution in [0.3, 0.4) is 0 Å². The van der Waals surface area contributed by atoms with Gasteiger partial charge in [0, 0.05) is 10.9 Å². The fourth-order valence-electron chi connectivity index (χ4n) is 4.26. The van der Waals surface area contributed by atoms with Gasteiger partial charge < -0.3 is 9.15 Å². The van der Waals surface area contributed by atoms with Crippen molar-refractivity contribution < 1.29 is 23.7 Å². The number of amidine groups is 1. The van der Waals surface area contributed by atoms with E-state index < -0.39 is 5.97 Å². The molecule has 7 heteroatoms. The maximum absolute atomic E-state index is 12.6. The Labute approximate surface area is 166 Å². The molecule has 0 saturated heterocycles. The number of para-hydroxylation sites is 1. The van der Waals surface area contributed by atoms with Crippen molar-refractivity contribution >= 4 is 40.4 Å². The number of amides is 1. The van der Waals surface area contributed by atoms with Crippen molar-refractivity contribution in [2.75, 3.05) is 6.61 Å². The summed E-state index contributed by atoms with van der Waals surface area (Å²) in [5.74, 6) is 0.0808. The van der Waals surface area contributed by atoms with Crippen LogP contribution >= 0.6 is 11.8 Å². The molecule has 0 fully saturated rings. The third kappa shape index (κ3) is 2.85. The van der Waals surface area contributed by atoms with E-state index in [1.165, 1.54) is 16.9 Å². The molecule has 0 saturated carbocycles. The SMILES string of the molecule is Cc1c(C(=O)OCC2=[NH+][C@H]3SC4=C(CCCC4)[C@H]3C(=O)N2)oc2ccccc12. The predicted molar refractivity (Wildman–Crippen MR) is 106 cm³/mol. The molecular weight excluding hydrogens is 376 g/mol. The van der Waals surface area contributed by atoms with Gasteiger partial charge >= 0.3 is 11.9 Å². The first kappa shape index (κ1) is 17.6. The highest BCUT2D eigenvalue weighted by Gasteiger charge is 2.47. The summed E-state index contributed by atoms with van der Waals surface area (Å²) in [6.45, 7) is 1.82. The Morgan fingerprint density at radius 3 is 3.00 bits per heavy atom. The lowest BCUT2D eigenvalue weighted by atomic mass is 9.88. The number of nitrogens with one attached hydrogen (secondary N) is 2. The number of fused-ring (bicyclic) bond motifs is 3. The summed E-state index contributed by atoms with van der Waals surface area (Å²) < 4.78 is 11.1. The van der Waals surface area contributed by atoms with Crippen molar-refractivity contribution in [2.24, 2.45) is 5.92 Å². The van der Waals surface area contributed by atoms with Gasteiger partial charge in [-0.3, -0.25) is 4.99 Å². The lowest BCUT2D eigenvalue weighted by Crippen LogP contribution is -2.87. The normalized spacial score (nSPS) is 23.9. The van der Waals surface area contributed by atoms with Crippen LogP contribution in [0.4, 0.5) is 0 Å². The Bertz CT molecular complexity index is 1050. The van der Waals surface area contributed by atoms with Crippen LogP contribution in [0.25, 0.3) is 11.0 Å². The van der Waals surface area contributed by atoms with Crippen LogP contribution in [-0.4, -0.2) is 29.7 Å². The number of thioether (sulfide) groups is 1. The number of carbonyl (C=O) groups excluding carboxylic acids is 2. The Morgan fingerprint density at radius 2 is 2.14 bits per heavy atom. The number of furan rings is 1. The van der Waals surface area contributed by atoms with Crippen molar-refractivity contribution in [2.45, 2.75) is 38.0 Å². The van der Waals surface area contributed by atoms with Gasteiger partial charge in [-0.15, -0.1) is 0 Å². The third-order valence-corrected chi connectivity index (χ3v) is 7.05. The first-order valence-electron chi connectivity index (χ1n) is 9.59. The molecule has 0 unspecified atom stereocenters. The molecule has 3 heterocycles. The Hall–Kier alpha value is -2.54. The predicted octanol–water partition coefficient (Wildman–Crippen LogP) is 2.02. The van der Waals surface area contributed by atoms with Gasteiger partial charge in [0.25, 0.3) is 5.84 Å². The summed E-state index contributed by atoms with van der Waals surface area (Å²) in [6.07, 6.45) is 4.42. The summed E-state index contributed by atoms with van der Waals surface area (Å²) in [5.41, 5.74) is 2.71. The van der Waals surface area contributed by atoms with Crippen molar-refractivity contribution in [3.8, 4) is 0 Å². The molecule has 1 amide bonds. The van der Waals surface area contributed by atoms with Crippen LogP contribution < -0.4 is 10.3 Å². The van der Waals surface area contributed by atoms with Gasteiger partial charge in [0.05, 0.1) is 0 Å². The Balaban J connectivity index is 1.30. The van der Waals surface area contributed by atoms with Gasteiger partial charge in [-0.1, -0.05) is 30.0 Å². The molecule has 0 radical (unpaired) electrons. The highest BCUT2D eigenvalue weighted by Crippen LogP contribution is 2.46. The van der Waals surface area contributed by atoms with E-state index in [1.807, 2.05) is 31.2 Å². The second kappa shape index (κ2) is 6.81. The molecule has 1 aromatic heterocycles. The largest absolute Gasteiger partial charge is 0.449 e. The summed E-state index contributed by atoms with van der Waals surface area (Å²) in [4.78, 5) is 29.9. The molecule has 1 aromatic carbocycles. The molecule has 2 N–H and O–H groups in total. The van der Waals surface area contributed by atoms with Gasteiger partial charge in [-0.2, -0.15) is 0 Å². The minimum absolute atomic E-state index is 0.00140. The summed E-state index contributed by atoms with van der Waals surface area (Å²) in [5, 5.41) is 3.78. The smallest absolute Gasteiger partial charge is 0.375 e. The van der Waals surface area contributed by atoms with E-state index in [0.29, 0.717) is 11.4 Å². The molecule has 2 atom stereocenters. The number of carbonyl (C=O) groups is 2. The zero-order valence-corrected chi connectivity index (χ0v) is 16.4. The van der Waals surface area contributed by atoms with Crippen LogP contribution in [0.5, 0.6) is 0 Å². The number of allylic oxidation sites excluding steroid dienone is 1. The molecule has 2 aromatic rings. The van der Waals surface area contributed by atoms with Gasteiger partial charge in [-0.25, -0.2) is 14.9 Å². The standard InChI is InChI=1S/C21H20N2O4S/c1-11-12-6-2-4-8-14(12)27-18(11)21(25)26-10-16-22-19(24)17-13-7-3-5-9-15(13)28-20(17)23-16/h2,4,6,8,17,20H,3,5,7,9-10H2,1H3,(H,22,23,24)/p+1/t17-,20-/m0/s1. The summed E-state index contributed by atoms with van der Waals surface area (Å²) in [6, 6.07) is 7.50. The Kier molecular flexibility index (Phi) is 4.27. The van der Waals surface area contributed by atoms with Crippen LogP contribution in [0.15, 0.2) is 39.2 Å². The van der Waals surface area contributed by atoms with Crippen LogP contribution in [0, 0.1) is 12.8 Å².